The lowest BCUT2D eigenvalue weighted by Gasteiger charge is -2.23. The highest BCUT2D eigenvalue weighted by Crippen LogP contribution is 2.40. The van der Waals surface area contributed by atoms with Gasteiger partial charge in [-0.2, -0.15) is 0 Å². The third kappa shape index (κ3) is 23.0. The minimum atomic E-state index is -0.140. The first-order valence-corrected chi connectivity index (χ1v) is 44.3. The Morgan fingerprint density at radius 3 is 0.935 bits per heavy atom. The van der Waals surface area contributed by atoms with Crippen molar-refractivity contribution in [1.29, 1.82) is 0 Å². The van der Waals surface area contributed by atoms with Crippen molar-refractivity contribution < 1.29 is 39.6 Å². The summed E-state index contributed by atoms with van der Waals surface area (Å²) in [7, 11) is 0. The number of aliphatic hydroxyl groups is 4. The Morgan fingerprint density at radius 1 is 0.347 bits per heavy atom. The summed E-state index contributed by atoms with van der Waals surface area (Å²) >= 11 is 0. The number of hydrogen-bond donors (Lipinski definition) is 8. The van der Waals surface area contributed by atoms with Crippen LogP contribution < -0.4 is 21.3 Å². The van der Waals surface area contributed by atoms with E-state index in [1.807, 2.05) is 137 Å². The predicted octanol–water partition coefficient (Wildman–Crippen LogP) is 17.9. The fourth-order valence-electron chi connectivity index (χ4n) is 17.0. The maximum Gasteiger partial charge on any atom is 0.228 e. The minimum Gasteiger partial charge on any atom is -0.392 e. The maximum atomic E-state index is 12.9. The van der Waals surface area contributed by atoms with Crippen LogP contribution >= 0.6 is 0 Å². The summed E-state index contributed by atoms with van der Waals surface area (Å²) in [6, 6.07) is 65.4. The number of carbonyl (C=O) groups excluding carboxylic acids is 4. The molecule has 4 amide bonds. The van der Waals surface area contributed by atoms with E-state index in [9.17, 15) is 39.6 Å². The molecule has 1 fully saturated rings. The van der Waals surface area contributed by atoms with Crippen LogP contribution in [0.5, 0.6) is 0 Å². The lowest BCUT2D eigenvalue weighted by molar-refractivity contribution is -0.119. The molecule has 0 aliphatic heterocycles. The molecule has 12 aromatic rings. The van der Waals surface area contributed by atoms with Gasteiger partial charge >= 0.3 is 0 Å². The van der Waals surface area contributed by atoms with Crippen LogP contribution in [0.2, 0.25) is 0 Å². The molecule has 20 heteroatoms. The third-order valence-electron chi connectivity index (χ3n) is 24.0. The molecule has 1 saturated carbocycles. The molecule has 4 heterocycles. The number of aliphatic hydroxyl groups excluding tert-OH is 4. The molecule has 0 spiro atoms. The maximum absolute atomic E-state index is 12.9. The van der Waals surface area contributed by atoms with Gasteiger partial charge in [0.05, 0.1) is 94.8 Å². The Balaban J connectivity index is 0.000000135. The lowest BCUT2D eigenvalue weighted by atomic mass is 9.87. The van der Waals surface area contributed by atoms with Crippen molar-refractivity contribution in [3.05, 3.63) is 306 Å². The zero-order chi connectivity index (χ0) is 86.4. The molecule has 17 rings (SSSR count). The molecule has 20 nitrogen and oxygen atoms in total. The van der Waals surface area contributed by atoms with Gasteiger partial charge in [0.15, 0.2) is 23.3 Å². The van der Waals surface area contributed by atoms with Gasteiger partial charge in [0, 0.05) is 47.9 Å². The van der Waals surface area contributed by atoms with Gasteiger partial charge in [-0.1, -0.05) is 241 Å². The van der Waals surface area contributed by atoms with Crippen LogP contribution in [-0.4, -0.2) is 83.9 Å². The van der Waals surface area contributed by atoms with Crippen molar-refractivity contribution in [2.75, 3.05) is 21.3 Å². The summed E-state index contributed by atoms with van der Waals surface area (Å²) < 4.78 is 0. The molecule has 124 heavy (non-hydrogen) atoms. The summed E-state index contributed by atoms with van der Waals surface area (Å²) in [6.07, 6.45) is 20.6. The summed E-state index contributed by atoms with van der Waals surface area (Å²) in [5.74, 6) is 2.97. The third-order valence-corrected chi connectivity index (χ3v) is 24.0. The fourth-order valence-corrected chi connectivity index (χ4v) is 17.0. The first kappa shape index (κ1) is 88.1. The molecule has 1 unspecified atom stereocenters. The summed E-state index contributed by atoms with van der Waals surface area (Å²) in [5, 5.41) is 49.9. The molecular formula is C104H114N12O8. The van der Waals surface area contributed by atoms with E-state index in [4.69, 9.17) is 39.9 Å². The molecule has 1 atom stereocenters. The van der Waals surface area contributed by atoms with Gasteiger partial charge in [0.25, 0.3) is 0 Å². The van der Waals surface area contributed by atoms with Crippen molar-refractivity contribution in [3.8, 4) is 45.0 Å². The Morgan fingerprint density at radius 2 is 0.645 bits per heavy atom. The Hall–Kier alpha value is -12.2. The number of carbonyl (C=O) groups is 4. The fraction of sp³-hybridized carbons (Fsp3) is 0.346. The van der Waals surface area contributed by atoms with Crippen LogP contribution in [0.15, 0.2) is 194 Å². The second kappa shape index (κ2) is 42.7. The Bertz CT molecular complexity index is 5730. The van der Waals surface area contributed by atoms with Crippen LogP contribution in [-0.2, 0) is 148 Å². The zero-order valence-corrected chi connectivity index (χ0v) is 72.0. The average Bonchev–Trinajstić information content (AvgIpc) is 0.784. The summed E-state index contributed by atoms with van der Waals surface area (Å²) in [6.45, 7) is 9.65. The van der Waals surface area contributed by atoms with Crippen LogP contribution in [0.4, 0.5) is 23.3 Å². The first-order chi connectivity index (χ1) is 60.4. The van der Waals surface area contributed by atoms with Crippen LogP contribution in [0.1, 0.15) is 198 Å². The molecule has 638 valence electrons. The SMILES string of the molecule is CC(=O)Nc1nc2c(nc1CCc1ccccc1)-c1ccc(CO)cc1CC2.CC(C)CC(=O)Nc1nc2c(nc1CCc1ccccc1)-c1ccc(CO)cc1CC2.CCC(C)C(=O)Nc1nc2c(nc1CCc1ccccc1)-c1ccc(CO)cc1CC2.O=C(CC1CCCCC1)Nc1nc2c(nc1CCc1ccccc1)-c1ccc(CO)cc1CC2. The zero-order valence-electron chi connectivity index (χ0n) is 72.0. The quantitative estimate of drug-likeness (QED) is 0.0250. The summed E-state index contributed by atoms with van der Waals surface area (Å²) in [5.41, 5.74) is 28.3. The van der Waals surface area contributed by atoms with E-state index in [-0.39, 0.29) is 61.9 Å². The van der Waals surface area contributed by atoms with E-state index in [0.29, 0.717) is 67.7 Å². The number of fused-ring (bicyclic) bond motifs is 12. The second-order valence-electron chi connectivity index (χ2n) is 33.7. The largest absolute Gasteiger partial charge is 0.392 e. The van der Waals surface area contributed by atoms with Gasteiger partial charge in [-0.15, -0.1) is 0 Å². The van der Waals surface area contributed by atoms with Gasteiger partial charge in [0.1, 0.15) is 0 Å². The van der Waals surface area contributed by atoms with Crippen molar-refractivity contribution in [1.82, 2.24) is 39.9 Å². The number of aryl methyl sites for hydroxylation is 16. The normalized spacial score (nSPS) is 13.4. The monoisotopic (exact) mass is 1660 g/mol. The Kier molecular flexibility index (Phi) is 30.4. The number of anilines is 4. The van der Waals surface area contributed by atoms with Crippen LogP contribution in [0.25, 0.3) is 45.0 Å². The average molecular weight is 1660 g/mol. The lowest BCUT2D eigenvalue weighted by Crippen LogP contribution is -2.23. The number of nitrogens with zero attached hydrogens (tertiary/aromatic N) is 8. The topological polar surface area (TPSA) is 300 Å². The molecule has 5 aliphatic rings. The highest BCUT2D eigenvalue weighted by atomic mass is 16.3. The first-order valence-electron chi connectivity index (χ1n) is 44.3. The molecule has 8 N–H and O–H groups in total. The van der Waals surface area contributed by atoms with E-state index in [1.165, 1.54) is 70.7 Å². The van der Waals surface area contributed by atoms with E-state index in [1.54, 1.807) is 0 Å². The van der Waals surface area contributed by atoms with Crippen LogP contribution in [0, 0.1) is 17.8 Å². The van der Waals surface area contributed by atoms with Crippen molar-refractivity contribution in [3.63, 3.8) is 0 Å². The second-order valence-corrected chi connectivity index (χ2v) is 33.7. The molecule has 4 aromatic heterocycles. The molecule has 5 aliphatic carbocycles. The molecule has 0 radical (unpaired) electrons. The minimum absolute atomic E-state index is 0.0125. The van der Waals surface area contributed by atoms with Gasteiger partial charge in [-0.25, -0.2) is 39.9 Å². The van der Waals surface area contributed by atoms with Crippen LogP contribution in [0.3, 0.4) is 0 Å². The number of hydrogen-bond acceptors (Lipinski definition) is 16. The van der Waals surface area contributed by atoms with Crippen molar-refractivity contribution >= 4 is 46.9 Å². The number of nitrogens with one attached hydrogen (secondary N) is 4. The van der Waals surface area contributed by atoms with Crippen molar-refractivity contribution in [2.24, 2.45) is 17.8 Å². The molecule has 8 aromatic carbocycles. The number of rotatable bonds is 26. The molecular weight excluding hydrogens is 1550 g/mol. The smallest absolute Gasteiger partial charge is 0.228 e. The molecule has 0 saturated heterocycles. The summed E-state index contributed by atoms with van der Waals surface area (Å²) in [4.78, 5) is 89.2. The van der Waals surface area contributed by atoms with E-state index >= 15 is 0 Å². The number of aromatic nitrogens is 8. The van der Waals surface area contributed by atoms with E-state index in [2.05, 4.69) is 106 Å². The highest BCUT2D eigenvalue weighted by Gasteiger charge is 2.30. The van der Waals surface area contributed by atoms with Gasteiger partial charge in [-0.3, -0.25) is 19.2 Å². The standard InChI is InChI=1S/C29H33N3O2.2C26H29N3O2.C23H23N3O2/c33-19-22-11-14-24-23(17-22)13-16-25-28(24)30-26(15-12-20-7-3-1-4-8-20)29(31-25)32-27(34)18-21-9-5-2-6-10-21;1-17(2)14-24(31)29-26-23(12-9-18-6-4-3-5-7-18)27-25-21-11-8-19(16-30)15-20(21)10-13-22(25)28-26;1-3-17(2)26(31)29-25-23(13-10-18-7-5-4-6-8-18)27-24-21-12-9-19(16-30)15-20(21)11-14-22(24)28-25;1-15(28)24-23-21(11-8-16-5-3-2-4-6-16)25-22-19-10-7-17(14-27)13-18(19)9-12-20(22)26-23/h1,3-4,7-8,11,14,17,21,33H,2,5-6,9-10,12-13,15-16,18-19H2,(H,31,32,34);3-8,11,15,17,30H,9-10,12-14,16H2,1-2H3,(H,28,29,31);4-9,12,15,17,30H,3,10-11,13-14,16H2,1-2H3,(H,28,29,31);2-7,10,13,27H,8-9,11-12,14H2,1H3,(H,24,26,28). The Labute approximate surface area is 727 Å². The van der Waals surface area contributed by atoms with Gasteiger partial charge < -0.3 is 41.7 Å². The number of benzene rings is 8. The van der Waals surface area contributed by atoms with E-state index < -0.39 is 0 Å². The molecule has 0 bridgehead atoms. The highest BCUT2D eigenvalue weighted by molar-refractivity contribution is 5.93. The van der Waals surface area contributed by atoms with Crippen molar-refractivity contribution in [2.45, 2.75) is 215 Å². The van der Waals surface area contributed by atoms with Gasteiger partial charge in [-0.05, 0) is 201 Å². The van der Waals surface area contributed by atoms with E-state index in [0.717, 1.165) is 209 Å². The predicted molar refractivity (Wildman–Crippen MR) is 489 cm³/mol. The van der Waals surface area contributed by atoms with Gasteiger partial charge in [0.2, 0.25) is 23.6 Å². The number of amides is 4.